The van der Waals surface area contributed by atoms with Crippen LogP contribution in [0.1, 0.15) is 11.3 Å². The average molecular weight is 544 g/mol. The van der Waals surface area contributed by atoms with Gasteiger partial charge in [0.1, 0.15) is 17.1 Å². The molecule has 0 radical (unpaired) electrons. The predicted molar refractivity (Wildman–Crippen MR) is 154 cm³/mol. The summed E-state index contributed by atoms with van der Waals surface area (Å²) in [7, 11) is 4.79. The van der Waals surface area contributed by atoms with Crippen LogP contribution in [0, 0.1) is 6.92 Å². The molecule has 5 rings (SSSR count). The first-order chi connectivity index (χ1) is 18.9. The number of anilines is 1. The number of nitrogens with one attached hydrogen (secondary N) is 1. The second kappa shape index (κ2) is 11.2. The van der Waals surface area contributed by atoms with Crippen molar-refractivity contribution >= 4 is 34.1 Å². The van der Waals surface area contributed by atoms with E-state index < -0.39 is 6.04 Å². The summed E-state index contributed by atoms with van der Waals surface area (Å²) in [5.41, 5.74) is 12.0. The molecule has 3 N–H and O–H groups in total. The highest BCUT2D eigenvalue weighted by Gasteiger charge is 2.20. The van der Waals surface area contributed by atoms with Crippen molar-refractivity contribution in [2.24, 2.45) is 5.73 Å². The van der Waals surface area contributed by atoms with E-state index in [-0.39, 0.29) is 12.3 Å². The van der Waals surface area contributed by atoms with E-state index in [4.69, 9.17) is 24.4 Å². The number of nitrogens with zero attached hydrogens (tertiary/aromatic N) is 1. The number of nitrogens with two attached hydrogens (primary N) is 1. The SMILES string of the molecule is COc1ccc(-c2csnc2-c2cc(C)c(OC)c(OC)c2)cc1NC(=O)[C@H](N)Cc1cc2ccccc2o1. The van der Waals surface area contributed by atoms with E-state index in [2.05, 4.69) is 9.69 Å². The molecule has 2 heterocycles. The Bertz CT molecular complexity index is 1610. The lowest BCUT2D eigenvalue weighted by Crippen LogP contribution is -2.37. The van der Waals surface area contributed by atoms with Crippen LogP contribution in [0.4, 0.5) is 5.69 Å². The van der Waals surface area contributed by atoms with Gasteiger partial charge < -0.3 is 29.7 Å². The number of benzene rings is 3. The summed E-state index contributed by atoms with van der Waals surface area (Å²) in [6.45, 7) is 1.96. The monoisotopic (exact) mass is 543 g/mol. The fourth-order valence-electron chi connectivity index (χ4n) is 4.59. The largest absolute Gasteiger partial charge is 0.495 e. The van der Waals surface area contributed by atoms with Crippen LogP contribution < -0.4 is 25.3 Å². The molecule has 0 unspecified atom stereocenters. The molecule has 8 nitrogen and oxygen atoms in total. The van der Waals surface area contributed by atoms with Gasteiger partial charge in [0.25, 0.3) is 0 Å². The number of hydrogen-bond acceptors (Lipinski definition) is 8. The van der Waals surface area contributed by atoms with Crippen molar-refractivity contribution in [2.45, 2.75) is 19.4 Å². The summed E-state index contributed by atoms with van der Waals surface area (Å²) in [5.74, 6) is 2.15. The minimum atomic E-state index is -0.813. The van der Waals surface area contributed by atoms with E-state index in [0.29, 0.717) is 28.7 Å². The molecule has 5 aromatic rings. The molecular weight excluding hydrogens is 514 g/mol. The predicted octanol–water partition coefficient (Wildman–Crippen LogP) is 6.07. The smallest absolute Gasteiger partial charge is 0.241 e. The molecular formula is C30H29N3O5S. The van der Waals surface area contributed by atoms with Gasteiger partial charge >= 0.3 is 0 Å². The maximum absolute atomic E-state index is 13.1. The molecule has 0 aliphatic carbocycles. The lowest BCUT2D eigenvalue weighted by molar-refractivity contribution is -0.117. The van der Waals surface area contributed by atoms with Crippen molar-refractivity contribution in [3.63, 3.8) is 0 Å². The first kappa shape index (κ1) is 26.3. The Kier molecular flexibility index (Phi) is 7.53. The van der Waals surface area contributed by atoms with Gasteiger partial charge in [0.05, 0.1) is 38.8 Å². The summed E-state index contributed by atoms with van der Waals surface area (Å²) in [6, 6.07) is 18.3. The van der Waals surface area contributed by atoms with Gasteiger partial charge in [-0.2, -0.15) is 4.37 Å². The zero-order valence-corrected chi connectivity index (χ0v) is 22.9. The second-order valence-corrected chi connectivity index (χ2v) is 9.70. The van der Waals surface area contributed by atoms with E-state index >= 15 is 0 Å². The Morgan fingerprint density at radius 1 is 1.00 bits per heavy atom. The lowest BCUT2D eigenvalue weighted by atomic mass is 9.99. The number of aromatic nitrogens is 1. The molecule has 9 heteroatoms. The second-order valence-electron chi connectivity index (χ2n) is 9.07. The quantitative estimate of drug-likeness (QED) is 0.232. The van der Waals surface area contributed by atoms with Crippen LogP contribution in [-0.2, 0) is 11.2 Å². The van der Waals surface area contributed by atoms with Crippen LogP contribution in [0.3, 0.4) is 0 Å². The number of fused-ring (bicyclic) bond motifs is 1. The first-order valence-electron chi connectivity index (χ1n) is 12.3. The Hall–Kier alpha value is -4.34. The normalized spacial score (nSPS) is 11.8. The molecule has 0 aliphatic heterocycles. The van der Waals surface area contributed by atoms with E-state index in [1.54, 1.807) is 21.3 Å². The number of rotatable bonds is 9. The maximum atomic E-state index is 13.1. The Labute approximate surface area is 230 Å². The van der Waals surface area contributed by atoms with Gasteiger partial charge in [-0.3, -0.25) is 4.79 Å². The number of carbonyl (C=O) groups is 1. The summed E-state index contributed by atoms with van der Waals surface area (Å²) < 4.78 is 27.1. The third kappa shape index (κ3) is 5.32. The van der Waals surface area contributed by atoms with Crippen LogP contribution in [0.5, 0.6) is 17.2 Å². The van der Waals surface area contributed by atoms with Gasteiger partial charge in [-0.05, 0) is 66.0 Å². The molecule has 0 saturated carbocycles. The van der Waals surface area contributed by atoms with Crippen LogP contribution in [0.15, 0.2) is 70.5 Å². The van der Waals surface area contributed by atoms with Crippen LogP contribution in [-0.4, -0.2) is 37.7 Å². The van der Waals surface area contributed by atoms with Gasteiger partial charge in [-0.15, -0.1) is 0 Å². The molecule has 39 heavy (non-hydrogen) atoms. The summed E-state index contributed by atoms with van der Waals surface area (Å²) >= 11 is 1.35. The molecule has 0 bridgehead atoms. The zero-order chi connectivity index (χ0) is 27.5. The van der Waals surface area contributed by atoms with E-state index in [1.807, 2.05) is 73.0 Å². The van der Waals surface area contributed by atoms with Gasteiger partial charge in [0.15, 0.2) is 11.5 Å². The summed E-state index contributed by atoms with van der Waals surface area (Å²) in [6.07, 6.45) is 0.264. The van der Waals surface area contributed by atoms with Crippen LogP contribution in [0.2, 0.25) is 0 Å². The van der Waals surface area contributed by atoms with Gasteiger partial charge in [-0.1, -0.05) is 24.3 Å². The van der Waals surface area contributed by atoms with Crippen molar-refractivity contribution in [2.75, 3.05) is 26.6 Å². The average Bonchev–Trinajstić information content (AvgIpc) is 3.59. The molecule has 2 aromatic heterocycles. The Morgan fingerprint density at radius 2 is 1.79 bits per heavy atom. The maximum Gasteiger partial charge on any atom is 0.241 e. The third-order valence-corrected chi connectivity index (χ3v) is 7.14. The number of para-hydroxylation sites is 1. The van der Waals surface area contributed by atoms with Crippen molar-refractivity contribution in [3.8, 4) is 39.6 Å². The standard InChI is InChI=1S/C30H29N3O5S/c1-17-11-20(14-27(36-3)29(17)37-4)28-22(16-39-33-28)18-9-10-26(35-2)24(13-18)32-30(34)23(31)15-21-12-19-7-5-6-8-25(19)38-21/h5-14,16,23H,15,31H2,1-4H3,(H,32,34)/t23-/m1/s1. The highest BCUT2D eigenvalue weighted by atomic mass is 32.1. The zero-order valence-electron chi connectivity index (χ0n) is 22.1. The van der Waals surface area contributed by atoms with Crippen LogP contribution in [0.25, 0.3) is 33.4 Å². The fraction of sp³-hybridized carbons (Fsp3) is 0.200. The van der Waals surface area contributed by atoms with E-state index in [0.717, 1.165) is 38.9 Å². The minimum Gasteiger partial charge on any atom is -0.495 e. The minimum absolute atomic E-state index is 0.264. The number of ether oxygens (including phenoxy) is 3. The van der Waals surface area contributed by atoms with Crippen molar-refractivity contribution in [1.29, 1.82) is 0 Å². The summed E-state index contributed by atoms with van der Waals surface area (Å²) in [5, 5.41) is 5.88. The fourth-order valence-corrected chi connectivity index (χ4v) is 5.30. The van der Waals surface area contributed by atoms with Crippen molar-refractivity contribution < 1.29 is 23.4 Å². The van der Waals surface area contributed by atoms with Crippen molar-refractivity contribution in [3.05, 3.63) is 77.4 Å². The van der Waals surface area contributed by atoms with Gasteiger partial charge in [0, 0.05) is 28.3 Å². The molecule has 3 aromatic carbocycles. The Balaban J connectivity index is 1.41. The number of aryl methyl sites for hydroxylation is 1. The van der Waals surface area contributed by atoms with E-state index in [1.165, 1.54) is 11.5 Å². The Morgan fingerprint density at radius 3 is 2.54 bits per heavy atom. The topological polar surface area (TPSA) is 109 Å². The molecule has 0 spiro atoms. The number of carbonyl (C=O) groups excluding carboxylic acids is 1. The molecule has 1 amide bonds. The number of hydrogen-bond donors (Lipinski definition) is 2. The molecule has 0 aliphatic rings. The van der Waals surface area contributed by atoms with Gasteiger partial charge in [0.2, 0.25) is 5.91 Å². The molecule has 1 atom stereocenters. The highest BCUT2D eigenvalue weighted by Crippen LogP contribution is 2.41. The highest BCUT2D eigenvalue weighted by molar-refractivity contribution is 7.04. The summed E-state index contributed by atoms with van der Waals surface area (Å²) in [4.78, 5) is 13.1. The third-order valence-electron chi connectivity index (χ3n) is 6.51. The number of amides is 1. The van der Waals surface area contributed by atoms with E-state index in [9.17, 15) is 4.79 Å². The lowest BCUT2D eigenvalue weighted by Gasteiger charge is -2.16. The molecule has 200 valence electrons. The molecule has 0 fully saturated rings. The van der Waals surface area contributed by atoms with Crippen LogP contribution >= 0.6 is 11.5 Å². The number of furan rings is 1. The van der Waals surface area contributed by atoms with Crippen molar-refractivity contribution in [1.82, 2.24) is 4.37 Å². The molecule has 0 saturated heterocycles. The van der Waals surface area contributed by atoms with Gasteiger partial charge in [-0.25, -0.2) is 0 Å². The first-order valence-corrected chi connectivity index (χ1v) is 13.1. The number of methoxy groups -OCH3 is 3.